The number of carbonyl (C=O) groups excluding carboxylic acids is 1. The molecule has 1 amide bonds. The van der Waals surface area contributed by atoms with Crippen LogP contribution in [0.5, 0.6) is 0 Å². The van der Waals surface area contributed by atoms with E-state index >= 15 is 0 Å². The van der Waals surface area contributed by atoms with Gasteiger partial charge in [-0.05, 0) is 18.4 Å². The molecule has 0 aromatic heterocycles. The Morgan fingerprint density at radius 2 is 1.88 bits per heavy atom. The van der Waals surface area contributed by atoms with Gasteiger partial charge in [0.25, 0.3) is 0 Å². The van der Waals surface area contributed by atoms with Gasteiger partial charge in [0.2, 0.25) is 5.91 Å². The van der Waals surface area contributed by atoms with E-state index in [1.54, 1.807) is 30.3 Å². The van der Waals surface area contributed by atoms with Gasteiger partial charge in [-0.3, -0.25) is 4.79 Å². The van der Waals surface area contributed by atoms with Crippen molar-refractivity contribution in [3.63, 3.8) is 0 Å². The highest BCUT2D eigenvalue weighted by Gasteiger charge is 2.47. The molecule has 0 radical (unpaired) electrons. The van der Waals surface area contributed by atoms with Crippen molar-refractivity contribution in [1.82, 2.24) is 5.32 Å². The summed E-state index contributed by atoms with van der Waals surface area (Å²) in [6.45, 7) is 0. The number of carboxylic acid groups (broad SMARTS) is 1. The minimum absolute atomic E-state index is 0.395. The lowest BCUT2D eigenvalue weighted by atomic mass is 10.1. The molecule has 1 aromatic rings. The second kappa shape index (κ2) is 4.18. The molecule has 0 saturated heterocycles. The first-order chi connectivity index (χ1) is 8.03. The third-order valence-electron chi connectivity index (χ3n) is 2.90. The summed E-state index contributed by atoms with van der Waals surface area (Å²) in [4.78, 5) is 22.8. The summed E-state index contributed by atoms with van der Waals surface area (Å²) in [7, 11) is 0. The van der Waals surface area contributed by atoms with Crippen LogP contribution in [0.1, 0.15) is 24.4 Å². The van der Waals surface area contributed by atoms with Crippen LogP contribution in [0.4, 0.5) is 0 Å². The number of benzene rings is 1. The smallest absolute Gasteiger partial charge is 0.330 e. The molecule has 4 N–H and O–H groups in total. The van der Waals surface area contributed by atoms with E-state index in [2.05, 4.69) is 5.32 Å². The molecule has 5 heteroatoms. The van der Waals surface area contributed by atoms with E-state index in [9.17, 15) is 9.59 Å². The van der Waals surface area contributed by atoms with Crippen LogP contribution in [0.3, 0.4) is 0 Å². The minimum Gasteiger partial charge on any atom is -0.479 e. The number of nitrogens with one attached hydrogen (secondary N) is 1. The molecule has 0 heterocycles. The molecule has 0 unspecified atom stereocenters. The maximum Gasteiger partial charge on any atom is 0.330 e. The number of hydrogen-bond donors (Lipinski definition) is 3. The van der Waals surface area contributed by atoms with E-state index in [0.29, 0.717) is 18.4 Å². The molecule has 1 aliphatic rings. The highest BCUT2D eigenvalue weighted by atomic mass is 16.4. The molecule has 1 aliphatic carbocycles. The number of carboxylic acids is 1. The van der Waals surface area contributed by atoms with Gasteiger partial charge in [0.15, 0.2) is 6.04 Å². The molecule has 90 valence electrons. The largest absolute Gasteiger partial charge is 0.479 e. The number of carbonyl (C=O) groups is 2. The number of nitrogens with two attached hydrogens (primary N) is 1. The Kier molecular flexibility index (Phi) is 2.85. The Balaban J connectivity index is 2.14. The van der Waals surface area contributed by atoms with Crippen molar-refractivity contribution in [1.29, 1.82) is 0 Å². The van der Waals surface area contributed by atoms with E-state index in [-0.39, 0.29) is 0 Å². The van der Waals surface area contributed by atoms with Gasteiger partial charge in [0.05, 0.1) is 5.54 Å². The van der Waals surface area contributed by atoms with E-state index < -0.39 is 23.5 Å². The Labute approximate surface area is 98.6 Å². The van der Waals surface area contributed by atoms with E-state index in [1.807, 2.05) is 0 Å². The van der Waals surface area contributed by atoms with Gasteiger partial charge in [0, 0.05) is 0 Å². The van der Waals surface area contributed by atoms with Gasteiger partial charge in [0.1, 0.15) is 0 Å². The molecule has 5 nitrogen and oxygen atoms in total. The zero-order valence-corrected chi connectivity index (χ0v) is 9.22. The van der Waals surface area contributed by atoms with Crippen LogP contribution >= 0.6 is 0 Å². The molecule has 1 fully saturated rings. The summed E-state index contributed by atoms with van der Waals surface area (Å²) in [5, 5.41) is 11.6. The van der Waals surface area contributed by atoms with Crippen molar-refractivity contribution in [3.8, 4) is 0 Å². The summed E-state index contributed by atoms with van der Waals surface area (Å²) >= 11 is 0. The average Bonchev–Trinajstić information content (AvgIpc) is 3.06. The first-order valence-corrected chi connectivity index (χ1v) is 5.40. The molecule has 1 aromatic carbocycles. The van der Waals surface area contributed by atoms with Crippen molar-refractivity contribution in [3.05, 3.63) is 35.9 Å². The highest BCUT2D eigenvalue weighted by Crippen LogP contribution is 2.32. The van der Waals surface area contributed by atoms with Gasteiger partial charge in [-0.15, -0.1) is 0 Å². The molecule has 0 spiro atoms. The van der Waals surface area contributed by atoms with Crippen molar-refractivity contribution in [2.24, 2.45) is 5.73 Å². The van der Waals surface area contributed by atoms with E-state index in [0.717, 1.165) is 0 Å². The topological polar surface area (TPSA) is 92.4 Å². The maximum atomic E-state index is 11.7. The monoisotopic (exact) mass is 234 g/mol. The van der Waals surface area contributed by atoms with Crippen molar-refractivity contribution in [2.75, 3.05) is 0 Å². The van der Waals surface area contributed by atoms with Crippen LogP contribution in [0.15, 0.2) is 30.3 Å². The molecule has 17 heavy (non-hydrogen) atoms. The molecule has 1 saturated carbocycles. The van der Waals surface area contributed by atoms with Gasteiger partial charge in [-0.1, -0.05) is 30.3 Å². The molecular formula is C12H14N2O3. The second-order valence-electron chi connectivity index (χ2n) is 4.31. The van der Waals surface area contributed by atoms with Crippen LogP contribution in [0, 0.1) is 0 Å². The van der Waals surface area contributed by atoms with Gasteiger partial charge in [-0.2, -0.15) is 0 Å². The molecule has 1 atom stereocenters. The van der Waals surface area contributed by atoms with Crippen LogP contribution in [-0.4, -0.2) is 22.5 Å². The van der Waals surface area contributed by atoms with Crippen LogP contribution in [-0.2, 0) is 9.59 Å². The summed E-state index contributed by atoms with van der Waals surface area (Å²) < 4.78 is 0. The summed E-state index contributed by atoms with van der Waals surface area (Å²) in [5.74, 6) is -1.48. The summed E-state index contributed by atoms with van der Waals surface area (Å²) in [5.41, 5.74) is 5.39. The lowest BCUT2D eigenvalue weighted by molar-refractivity contribution is -0.142. The number of aliphatic carboxylic acids is 1. The molecular weight excluding hydrogens is 220 g/mol. The highest BCUT2D eigenvalue weighted by molar-refractivity contribution is 5.92. The summed E-state index contributed by atoms with van der Waals surface area (Å²) in [6, 6.07) is 7.53. The van der Waals surface area contributed by atoms with Crippen LogP contribution in [0.25, 0.3) is 0 Å². The fourth-order valence-corrected chi connectivity index (χ4v) is 1.57. The van der Waals surface area contributed by atoms with E-state index in [1.165, 1.54) is 0 Å². The standard InChI is InChI=1S/C12H14N2O3/c13-12(6-7-12)11(17)14-9(10(15)16)8-4-2-1-3-5-8/h1-5,9H,6-7,13H2,(H,14,17)(H,15,16)/t9-/m1/s1. The first-order valence-electron chi connectivity index (χ1n) is 5.40. The lowest BCUT2D eigenvalue weighted by Crippen LogP contribution is -2.46. The third kappa shape index (κ3) is 2.45. The van der Waals surface area contributed by atoms with Gasteiger partial charge >= 0.3 is 5.97 Å². The zero-order chi connectivity index (χ0) is 12.5. The molecule has 0 bridgehead atoms. The van der Waals surface area contributed by atoms with Crippen molar-refractivity contribution >= 4 is 11.9 Å². The summed E-state index contributed by atoms with van der Waals surface area (Å²) in [6.07, 6.45) is 1.22. The normalized spacial score (nSPS) is 18.2. The first kappa shape index (κ1) is 11.6. The Bertz CT molecular complexity index is 440. The Hall–Kier alpha value is -1.88. The van der Waals surface area contributed by atoms with Crippen LogP contribution < -0.4 is 11.1 Å². The second-order valence-corrected chi connectivity index (χ2v) is 4.31. The van der Waals surface area contributed by atoms with Gasteiger partial charge < -0.3 is 16.2 Å². The number of hydrogen-bond acceptors (Lipinski definition) is 3. The fraction of sp³-hybridized carbons (Fsp3) is 0.333. The fourth-order valence-electron chi connectivity index (χ4n) is 1.57. The number of amides is 1. The third-order valence-corrected chi connectivity index (χ3v) is 2.90. The predicted octanol–water partition coefficient (Wildman–Crippen LogP) is 0.420. The lowest BCUT2D eigenvalue weighted by Gasteiger charge is -2.17. The van der Waals surface area contributed by atoms with Gasteiger partial charge in [-0.25, -0.2) is 4.79 Å². The predicted molar refractivity (Wildman–Crippen MR) is 61.1 cm³/mol. The van der Waals surface area contributed by atoms with Crippen molar-refractivity contribution in [2.45, 2.75) is 24.4 Å². The van der Waals surface area contributed by atoms with Crippen LogP contribution in [0.2, 0.25) is 0 Å². The van der Waals surface area contributed by atoms with Crippen molar-refractivity contribution < 1.29 is 14.7 Å². The number of rotatable bonds is 4. The Morgan fingerprint density at radius 3 is 2.35 bits per heavy atom. The quantitative estimate of drug-likeness (QED) is 0.704. The maximum absolute atomic E-state index is 11.7. The SMILES string of the molecule is NC1(C(=O)N[C@@H](C(=O)O)c2ccccc2)CC1. The van der Waals surface area contributed by atoms with E-state index in [4.69, 9.17) is 10.8 Å². The minimum atomic E-state index is -1.09. The average molecular weight is 234 g/mol. The Morgan fingerprint density at radius 1 is 1.29 bits per heavy atom. The molecule has 2 rings (SSSR count). The zero-order valence-electron chi connectivity index (χ0n) is 9.22. The molecule has 0 aliphatic heterocycles.